The monoisotopic (exact) mass is 317 g/mol. The molecule has 2 heterocycles. The van der Waals surface area contributed by atoms with Gasteiger partial charge in [0, 0.05) is 26.1 Å². The average molecular weight is 317 g/mol. The van der Waals surface area contributed by atoms with Crippen molar-refractivity contribution in [1.29, 1.82) is 0 Å². The molecule has 1 amide bonds. The molecule has 0 bridgehead atoms. The zero-order chi connectivity index (χ0) is 15.7. The molecular weight excluding hydrogens is 294 g/mol. The molecule has 1 fully saturated rings. The van der Waals surface area contributed by atoms with Crippen LogP contribution in [0.1, 0.15) is 38.2 Å². The third-order valence-electron chi connectivity index (χ3n) is 4.44. The minimum absolute atomic E-state index is 0.154. The van der Waals surface area contributed by atoms with Gasteiger partial charge in [0.1, 0.15) is 0 Å². The number of nitrogens with one attached hydrogen (secondary N) is 1. The molecule has 1 N–H and O–H groups in total. The quantitative estimate of drug-likeness (QED) is 0.944. The topological polar surface area (TPSA) is 45.2 Å². The lowest BCUT2D eigenvalue weighted by Gasteiger charge is -2.30. The second kappa shape index (κ2) is 6.24. The second-order valence-electron chi connectivity index (χ2n) is 6.22. The van der Waals surface area contributed by atoms with Crippen LogP contribution in [0.25, 0.3) is 10.2 Å². The Labute approximate surface area is 135 Å². The number of hydrogen-bond acceptors (Lipinski definition) is 4. The van der Waals surface area contributed by atoms with Crippen LogP contribution in [-0.4, -0.2) is 31.0 Å². The van der Waals surface area contributed by atoms with E-state index in [1.165, 1.54) is 10.3 Å². The first kappa shape index (κ1) is 15.3. The van der Waals surface area contributed by atoms with E-state index in [4.69, 9.17) is 4.98 Å². The molecule has 0 radical (unpaired) electrons. The van der Waals surface area contributed by atoms with Gasteiger partial charge in [0.05, 0.1) is 10.2 Å². The number of amides is 1. The van der Waals surface area contributed by atoms with Crippen LogP contribution in [0.2, 0.25) is 0 Å². The molecule has 5 heteroatoms. The third kappa shape index (κ3) is 2.82. The fourth-order valence-electron chi connectivity index (χ4n) is 3.10. The van der Waals surface area contributed by atoms with Crippen molar-refractivity contribution in [2.45, 2.75) is 32.6 Å². The zero-order valence-electron chi connectivity index (χ0n) is 13.4. The number of anilines is 1. The summed E-state index contributed by atoms with van der Waals surface area (Å²) < 4.78 is 1.26. The molecular formula is C17H23N3OS. The smallest absolute Gasteiger partial charge is 0.222 e. The minimum atomic E-state index is 0.154. The zero-order valence-corrected chi connectivity index (χ0v) is 14.2. The van der Waals surface area contributed by atoms with Crippen molar-refractivity contribution >= 4 is 32.6 Å². The minimum Gasteiger partial charge on any atom is -0.359 e. The fourth-order valence-corrected chi connectivity index (χ4v) is 4.15. The first-order valence-corrected chi connectivity index (χ1v) is 8.77. The number of thiazole rings is 1. The summed E-state index contributed by atoms with van der Waals surface area (Å²) in [4.78, 5) is 18.9. The highest BCUT2D eigenvalue weighted by Crippen LogP contribution is 2.34. The lowest BCUT2D eigenvalue weighted by Crippen LogP contribution is -2.39. The molecule has 0 spiro atoms. The van der Waals surface area contributed by atoms with Crippen molar-refractivity contribution in [3.05, 3.63) is 23.8 Å². The van der Waals surface area contributed by atoms with E-state index in [1.54, 1.807) is 18.4 Å². The molecule has 2 aromatic rings. The number of carbonyl (C=O) groups is 1. The summed E-state index contributed by atoms with van der Waals surface area (Å²) in [6.45, 7) is 6.25. The largest absolute Gasteiger partial charge is 0.359 e. The number of rotatable bonds is 3. The lowest BCUT2D eigenvalue weighted by atomic mass is 9.96. The highest BCUT2D eigenvalue weighted by molar-refractivity contribution is 7.22. The van der Waals surface area contributed by atoms with Crippen molar-refractivity contribution in [2.75, 3.05) is 25.0 Å². The van der Waals surface area contributed by atoms with Crippen molar-refractivity contribution in [3.8, 4) is 0 Å². The number of piperidine rings is 1. The van der Waals surface area contributed by atoms with Crippen LogP contribution in [0.3, 0.4) is 0 Å². The summed E-state index contributed by atoms with van der Waals surface area (Å²) in [6.07, 6.45) is 1.82. The molecule has 118 valence electrons. The molecule has 1 aliphatic rings. The van der Waals surface area contributed by atoms with E-state index >= 15 is 0 Å². The predicted octanol–water partition coefficient (Wildman–Crippen LogP) is 3.38. The van der Waals surface area contributed by atoms with Crippen LogP contribution in [-0.2, 0) is 4.79 Å². The van der Waals surface area contributed by atoms with E-state index in [0.717, 1.165) is 36.6 Å². The van der Waals surface area contributed by atoms with Gasteiger partial charge in [0.25, 0.3) is 0 Å². The summed E-state index contributed by atoms with van der Waals surface area (Å²) >= 11 is 1.77. The standard InChI is InChI=1S/C17H23N3OS/c1-11(2)13-5-4-6-14-15(13)19-17(22-14)20-9-7-12(8-10-20)16(21)18-3/h4-6,11-12H,7-10H2,1-3H3,(H,18,21). The molecule has 1 aromatic heterocycles. The number of para-hydroxylation sites is 1. The van der Waals surface area contributed by atoms with Gasteiger partial charge in [0.2, 0.25) is 5.91 Å². The third-order valence-corrected chi connectivity index (χ3v) is 5.52. The highest BCUT2D eigenvalue weighted by Gasteiger charge is 2.26. The van der Waals surface area contributed by atoms with Crippen LogP contribution >= 0.6 is 11.3 Å². The number of fused-ring (bicyclic) bond motifs is 1. The van der Waals surface area contributed by atoms with E-state index in [1.807, 2.05) is 0 Å². The Morgan fingerprint density at radius 1 is 1.36 bits per heavy atom. The van der Waals surface area contributed by atoms with E-state index in [0.29, 0.717) is 5.92 Å². The number of benzene rings is 1. The van der Waals surface area contributed by atoms with Gasteiger partial charge in [-0.1, -0.05) is 37.3 Å². The van der Waals surface area contributed by atoms with Crippen molar-refractivity contribution in [1.82, 2.24) is 10.3 Å². The lowest BCUT2D eigenvalue weighted by molar-refractivity contribution is -0.125. The molecule has 0 unspecified atom stereocenters. The Morgan fingerprint density at radius 2 is 2.09 bits per heavy atom. The highest BCUT2D eigenvalue weighted by atomic mass is 32.1. The maximum Gasteiger partial charge on any atom is 0.222 e. The fraction of sp³-hybridized carbons (Fsp3) is 0.529. The Bertz CT molecular complexity index is 672. The summed E-state index contributed by atoms with van der Waals surface area (Å²) in [5, 5.41) is 3.86. The molecule has 3 rings (SSSR count). The maximum absolute atomic E-state index is 11.7. The van der Waals surface area contributed by atoms with Gasteiger partial charge in [-0.05, 0) is 30.4 Å². The number of carbonyl (C=O) groups excluding carboxylic acids is 1. The van der Waals surface area contributed by atoms with Crippen LogP contribution in [0, 0.1) is 5.92 Å². The van der Waals surface area contributed by atoms with Crippen LogP contribution in [0.4, 0.5) is 5.13 Å². The molecule has 0 aliphatic carbocycles. The van der Waals surface area contributed by atoms with Gasteiger partial charge < -0.3 is 10.2 Å². The maximum atomic E-state index is 11.7. The average Bonchev–Trinajstić information content (AvgIpc) is 2.98. The van der Waals surface area contributed by atoms with Crippen LogP contribution in [0.15, 0.2) is 18.2 Å². The van der Waals surface area contributed by atoms with Gasteiger partial charge in [-0.3, -0.25) is 4.79 Å². The summed E-state index contributed by atoms with van der Waals surface area (Å²) in [6, 6.07) is 6.45. The van der Waals surface area contributed by atoms with Gasteiger partial charge in [-0.15, -0.1) is 0 Å². The van der Waals surface area contributed by atoms with Gasteiger partial charge in [-0.2, -0.15) is 0 Å². The second-order valence-corrected chi connectivity index (χ2v) is 7.23. The predicted molar refractivity (Wildman–Crippen MR) is 92.7 cm³/mol. The number of aromatic nitrogens is 1. The number of hydrogen-bond donors (Lipinski definition) is 1. The Kier molecular flexibility index (Phi) is 4.34. The first-order valence-electron chi connectivity index (χ1n) is 7.96. The number of nitrogens with zero attached hydrogens (tertiary/aromatic N) is 2. The van der Waals surface area contributed by atoms with E-state index in [9.17, 15) is 4.79 Å². The van der Waals surface area contributed by atoms with Crippen molar-refractivity contribution in [2.24, 2.45) is 5.92 Å². The van der Waals surface area contributed by atoms with E-state index < -0.39 is 0 Å². The summed E-state index contributed by atoms with van der Waals surface area (Å²) in [5.41, 5.74) is 2.46. The molecule has 22 heavy (non-hydrogen) atoms. The molecule has 4 nitrogen and oxygen atoms in total. The van der Waals surface area contributed by atoms with Crippen molar-refractivity contribution in [3.63, 3.8) is 0 Å². The van der Waals surface area contributed by atoms with Crippen molar-refractivity contribution < 1.29 is 4.79 Å². The Morgan fingerprint density at radius 3 is 2.73 bits per heavy atom. The Hall–Kier alpha value is -1.62. The molecule has 1 aromatic carbocycles. The summed E-state index contributed by atoms with van der Waals surface area (Å²) in [7, 11) is 1.72. The van der Waals surface area contributed by atoms with Gasteiger partial charge in [0.15, 0.2) is 5.13 Å². The van der Waals surface area contributed by atoms with E-state index in [2.05, 4.69) is 42.3 Å². The molecule has 0 saturated carbocycles. The molecule has 1 saturated heterocycles. The Balaban J connectivity index is 1.80. The van der Waals surface area contributed by atoms with Gasteiger partial charge in [-0.25, -0.2) is 4.98 Å². The van der Waals surface area contributed by atoms with E-state index in [-0.39, 0.29) is 11.8 Å². The molecule has 0 atom stereocenters. The van der Waals surface area contributed by atoms with Crippen LogP contribution in [0.5, 0.6) is 0 Å². The summed E-state index contributed by atoms with van der Waals surface area (Å²) in [5.74, 6) is 0.811. The normalized spacial score (nSPS) is 16.5. The van der Waals surface area contributed by atoms with Gasteiger partial charge >= 0.3 is 0 Å². The van der Waals surface area contributed by atoms with Crippen LogP contribution < -0.4 is 10.2 Å². The molecule has 1 aliphatic heterocycles. The SMILES string of the molecule is CNC(=O)C1CCN(c2nc3c(C(C)C)cccc3s2)CC1. The first-order chi connectivity index (χ1) is 10.6.